The Morgan fingerprint density at radius 1 is 1.31 bits per heavy atom. The molecule has 0 bridgehead atoms. The zero-order valence-electron chi connectivity index (χ0n) is 14.8. The van der Waals surface area contributed by atoms with Crippen molar-refractivity contribution in [2.24, 2.45) is 11.5 Å². The molecule has 2 aliphatic rings. The molecule has 0 aliphatic carbocycles. The van der Waals surface area contributed by atoms with Crippen molar-refractivity contribution in [3.63, 3.8) is 0 Å². The Bertz CT molecular complexity index is 575. The van der Waals surface area contributed by atoms with Gasteiger partial charge in [-0.25, -0.2) is 0 Å². The van der Waals surface area contributed by atoms with Crippen molar-refractivity contribution in [3.8, 4) is 0 Å². The Morgan fingerprint density at radius 3 is 2.50 bits per heavy atom. The first kappa shape index (κ1) is 20.9. The molecule has 10 nitrogen and oxygen atoms in total. The van der Waals surface area contributed by atoms with Crippen LogP contribution in [0.15, 0.2) is 0 Å². The van der Waals surface area contributed by atoms with E-state index in [0.29, 0.717) is 25.3 Å². The molecule has 0 saturated carbocycles. The van der Waals surface area contributed by atoms with Gasteiger partial charge in [0.05, 0.1) is 23.1 Å². The molecule has 148 valence electrons. The summed E-state index contributed by atoms with van der Waals surface area (Å²) in [6, 6.07) is -2.70. The normalized spacial score (nSPS) is 30.0. The number of thioether (sulfide) groups is 1. The van der Waals surface area contributed by atoms with Gasteiger partial charge in [0.2, 0.25) is 17.7 Å². The Labute approximate surface area is 156 Å². The van der Waals surface area contributed by atoms with Crippen LogP contribution in [0.4, 0.5) is 0 Å². The molecule has 0 aromatic heterocycles. The quantitative estimate of drug-likeness (QED) is 0.274. The van der Waals surface area contributed by atoms with Crippen LogP contribution in [0.25, 0.3) is 0 Å². The molecule has 0 radical (unpaired) electrons. The molecule has 2 aliphatic heterocycles. The lowest BCUT2D eigenvalue weighted by Crippen LogP contribution is -2.57. The summed E-state index contributed by atoms with van der Waals surface area (Å²) >= 11 is 1.53. The molecule has 6 atom stereocenters. The number of likely N-dealkylation sites (tertiary alicyclic amines) is 1. The highest BCUT2D eigenvalue weighted by molar-refractivity contribution is 8.01. The van der Waals surface area contributed by atoms with Gasteiger partial charge in [0.25, 0.3) is 0 Å². The summed E-state index contributed by atoms with van der Waals surface area (Å²) in [5, 5.41) is 24.7. The number of hydrogen-bond donors (Lipinski definition) is 6. The van der Waals surface area contributed by atoms with Crippen LogP contribution in [0, 0.1) is 0 Å². The Balaban J connectivity index is 1.95. The van der Waals surface area contributed by atoms with Gasteiger partial charge in [0.1, 0.15) is 12.1 Å². The van der Waals surface area contributed by atoms with Crippen LogP contribution in [0.2, 0.25) is 0 Å². The highest BCUT2D eigenvalue weighted by Crippen LogP contribution is 2.38. The van der Waals surface area contributed by atoms with E-state index < -0.39 is 47.0 Å². The first-order valence-electron chi connectivity index (χ1n) is 8.48. The van der Waals surface area contributed by atoms with E-state index in [9.17, 15) is 24.6 Å². The third kappa shape index (κ3) is 4.46. The van der Waals surface area contributed by atoms with Crippen molar-refractivity contribution in [1.29, 1.82) is 0 Å². The van der Waals surface area contributed by atoms with Crippen LogP contribution in [-0.4, -0.2) is 86.9 Å². The third-order valence-electron chi connectivity index (χ3n) is 4.72. The predicted octanol–water partition coefficient (Wildman–Crippen LogP) is -3.32. The third-order valence-corrected chi connectivity index (χ3v) is 6.22. The maximum Gasteiger partial charge on any atom is 0.242 e. The minimum atomic E-state index is -1.16. The summed E-state index contributed by atoms with van der Waals surface area (Å²) in [6.07, 6.45) is -1.40. The number of amides is 3. The molecule has 1 spiro atoms. The summed E-state index contributed by atoms with van der Waals surface area (Å²) in [6.45, 7) is 3.69. The number of nitrogens with one attached hydrogen (secondary N) is 2. The van der Waals surface area contributed by atoms with E-state index in [1.165, 1.54) is 25.6 Å². The number of carbonyl (C=O) groups is 3. The highest BCUT2D eigenvalue weighted by atomic mass is 32.2. The maximum atomic E-state index is 12.4. The highest BCUT2D eigenvalue weighted by Gasteiger charge is 2.48. The molecular formula is C15H27N5O5S. The Kier molecular flexibility index (Phi) is 6.51. The van der Waals surface area contributed by atoms with Crippen LogP contribution in [0.3, 0.4) is 0 Å². The molecule has 2 heterocycles. The van der Waals surface area contributed by atoms with Gasteiger partial charge >= 0.3 is 0 Å². The topological polar surface area (TPSA) is 171 Å². The minimum Gasteiger partial charge on any atom is -0.391 e. The molecule has 3 amide bonds. The van der Waals surface area contributed by atoms with Crippen molar-refractivity contribution in [3.05, 3.63) is 0 Å². The van der Waals surface area contributed by atoms with Gasteiger partial charge in [-0.2, -0.15) is 0 Å². The monoisotopic (exact) mass is 389 g/mol. The molecule has 2 rings (SSSR count). The lowest BCUT2D eigenvalue weighted by Gasteiger charge is -2.27. The zero-order valence-corrected chi connectivity index (χ0v) is 15.7. The van der Waals surface area contributed by atoms with Gasteiger partial charge < -0.3 is 31.9 Å². The first-order valence-corrected chi connectivity index (χ1v) is 9.47. The second kappa shape index (κ2) is 8.09. The fourth-order valence-electron chi connectivity index (χ4n) is 3.09. The standard InChI is InChI=1S/C15H27N5O5S/c1-7(21)10(16)14(25)20-4-3-15(6-20)19-9(5-26-15)13(24)18-11(8(2)22)12(17)23/h7-11,19,21-22H,3-6,16H2,1-2H3,(H2,17,23)(H,18,24)/t7-,8-,9+,10+,11+,15?/m1/s1. The number of aliphatic hydroxyl groups is 2. The van der Waals surface area contributed by atoms with E-state index in [0.717, 1.165) is 0 Å². The molecule has 26 heavy (non-hydrogen) atoms. The Hall–Kier alpha value is -1.40. The van der Waals surface area contributed by atoms with Crippen molar-refractivity contribution >= 4 is 29.5 Å². The number of hydrogen-bond acceptors (Lipinski definition) is 8. The zero-order chi connectivity index (χ0) is 19.6. The second-order valence-corrected chi connectivity index (χ2v) is 8.31. The molecule has 1 unspecified atom stereocenters. The number of nitrogens with two attached hydrogens (primary N) is 2. The average molecular weight is 389 g/mol. The van der Waals surface area contributed by atoms with Gasteiger partial charge in [-0.3, -0.25) is 19.7 Å². The summed E-state index contributed by atoms with van der Waals surface area (Å²) in [5.41, 5.74) is 10.9. The van der Waals surface area contributed by atoms with Gasteiger partial charge in [-0.15, -0.1) is 11.8 Å². The number of carbonyl (C=O) groups excluding carboxylic acids is 3. The van der Waals surface area contributed by atoms with Crippen molar-refractivity contribution in [1.82, 2.24) is 15.5 Å². The molecule has 2 saturated heterocycles. The maximum absolute atomic E-state index is 12.4. The van der Waals surface area contributed by atoms with Gasteiger partial charge in [-0.1, -0.05) is 0 Å². The van der Waals surface area contributed by atoms with Crippen LogP contribution >= 0.6 is 11.8 Å². The average Bonchev–Trinajstić information content (AvgIpc) is 3.17. The largest absolute Gasteiger partial charge is 0.391 e. The number of nitrogens with zero attached hydrogens (tertiary/aromatic N) is 1. The smallest absolute Gasteiger partial charge is 0.242 e. The number of aliphatic hydroxyl groups excluding tert-OH is 2. The first-order chi connectivity index (χ1) is 12.1. The Morgan fingerprint density at radius 2 is 1.96 bits per heavy atom. The molecule has 11 heteroatoms. The lowest BCUT2D eigenvalue weighted by atomic mass is 10.1. The van der Waals surface area contributed by atoms with Crippen LogP contribution in [0.1, 0.15) is 20.3 Å². The molecule has 2 fully saturated rings. The van der Waals surface area contributed by atoms with Crippen LogP contribution in [0.5, 0.6) is 0 Å². The summed E-state index contributed by atoms with van der Waals surface area (Å²) < 4.78 is 0. The minimum absolute atomic E-state index is 0.324. The van der Waals surface area contributed by atoms with E-state index in [4.69, 9.17) is 11.5 Å². The van der Waals surface area contributed by atoms with Crippen LogP contribution in [-0.2, 0) is 14.4 Å². The van der Waals surface area contributed by atoms with E-state index in [1.54, 1.807) is 4.90 Å². The van der Waals surface area contributed by atoms with Crippen molar-refractivity contribution < 1.29 is 24.6 Å². The number of rotatable bonds is 6. The van der Waals surface area contributed by atoms with E-state index in [2.05, 4.69) is 10.6 Å². The van der Waals surface area contributed by atoms with E-state index in [1.807, 2.05) is 0 Å². The molecule has 8 N–H and O–H groups in total. The summed E-state index contributed by atoms with van der Waals surface area (Å²) in [4.78, 5) is 37.1. The lowest BCUT2D eigenvalue weighted by molar-refractivity contribution is -0.134. The molecule has 0 aromatic carbocycles. The van der Waals surface area contributed by atoms with Gasteiger partial charge in [-0.05, 0) is 20.3 Å². The SMILES string of the molecule is C[C@@H](O)[C@H](N)C(=O)N1CCC2(C1)N[C@H](C(=O)N[C@H](C(N)=O)[C@@H](C)O)CS2. The van der Waals surface area contributed by atoms with Crippen LogP contribution < -0.4 is 22.1 Å². The second-order valence-electron chi connectivity index (χ2n) is 6.91. The summed E-state index contributed by atoms with van der Waals surface area (Å²) in [7, 11) is 0. The number of primary amides is 1. The predicted molar refractivity (Wildman–Crippen MR) is 95.8 cm³/mol. The molecular weight excluding hydrogens is 362 g/mol. The van der Waals surface area contributed by atoms with E-state index in [-0.39, 0.29) is 5.91 Å². The summed E-state index contributed by atoms with van der Waals surface area (Å²) in [5.74, 6) is -1.10. The van der Waals surface area contributed by atoms with E-state index >= 15 is 0 Å². The fourth-order valence-corrected chi connectivity index (χ4v) is 4.52. The van der Waals surface area contributed by atoms with Crippen molar-refractivity contribution in [2.75, 3.05) is 18.8 Å². The van der Waals surface area contributed by atoms with Crippen molar-refractivity contribution in [2.45, 2.75) is 55.5 Å². The fraction of sp³-hybridized carbons (Fsp3) is 0.800. The van der Waals surface area contributed by atoms with Gasteiger partial charge in [0.15, 0.2) is 0 Å². The van der Waals surface area contributed by atoms with Gasteiger partial charge in [0, 0.05) is 18.8 Å². The molecule has 0 aromatic rings.